The third-order valence-corrected chi connectivity index (χ3v) is 5.74. The Morgan fingerprint density at radius 1 is 1.40 bits per heavy atom. The van der Waals surface area contributed by atoms with Gasteiger partial charge in [0.1, 0.15) is 10.7 Å². The lowest BCUT2D eigenvalue weighted by atomic mass is 10.00. The van der Waals surface area contributed by atoms with Crippen molar-refractivity contribution in [2.24, 2.45) is 5.73 Å². The Hall–Kier alpha value is -0.980. The van der Waals surface area contributed by atoms with E-state index in [1.807, 2.05) is 0 Å². The van der Waals surface area contributed by atoms with Crippen molar-refractivity contribution in [2.45, 2.75) is 50.1 Å². The quantitative estimate of drug-likeness (QED) is 0.929. The fourth-order valence-corrected chi connectivity index (χ4v) is 4.52. The summed E-state index contributed by atoms with van der Waals surface area (Å²) in [4.78, 5) is -0.254. The number of halogens is 1. The minimum Gasteiger partial charge on any atom is -0.326 e. The summed E-state index contributed by atoms with van der Waals surface area (Å²) in [5.74, 6) is -0.695. The maximum absolute atomic E-state index is 14.0. The SMILES string of the molecule is Cc1ccc(S(=O)(=O)N2CCCC[C@@H]2[C@@H](C)N)c(F)c1. The molecule has 1 aliphatic rings. The van der Waals surface area contributed by atoms with Crippen molar-refractivity contribution in [3.8, 4) is 0 Å². The molecule has 20 heavy (non-hydrogen) atoms. The van der Waals surface area contributed by atoms with E-state index >= 15 is 0 Å². The average Bonchev–Trinajstić information content (AvgIpc) is 2.38. The molecule has 1 aromatic rings. The number of nitrogens with two attached hydrogens (primary N) is 1. The zero-order valence-corrected chi connectivity index (χ0v) is 12.7. The molecule has 2 atom stereocenters. The number of nitrogens with zero attached hydrogens (tertiary/aromatic N) is 1. The lowest BCUT2D eigenvalue weighted by Crippen LogP contribution is -2.51. The van der Waals surface area contributed by atoms with E-state index in [4.69, 9.17) is 5.73 Å². The predicted molar refractivity (Wildman–Crippen MR) is 76.3 cm³/mol. The van der Waals surface area contributed by atoms with Crippen LogP contribution >= 0.6 is 0 Å². The predicted octanol–water partition coefficient (Wildman–Crippen LogP) is 2.02. The van der Waals surface area contributed by atoms with Crippen molar-refractivity contribution in [3.05, 3.63) is 29.6 Å². The van der Waals surface area contributed by atoms with E-state index < -0.39 is 15.8 Å². The van der Waals surface area contributed by atoms with Crippen LogP contribution in [0.15, 0.2) is 23.1 Å². The molecule has 4 nitrogen and oxygen atoms in total. The van der Waals surface area contributed by atoms with E-state index in [0.29, 0.717) is 12.1 Å². The summed E-state index contributed by atoms with van der Waals surface area (Å²) < 4.78 is 40.7. The van der Waals surface area contributed by atoms with Crippen LogP contribution in [-0.4, -0.2) is 31.4 Å². The van der Waals surface area contributed by atoms with E-state index in [0.717, 1.165) is 19.3 Å². The van der Waals surface area contributed by atoms with Crippen molar-refractivity contribution < 1.29 is 12.8 Å². The van der Waals surface area contributed by atoms with Gasteiger partial charge in [0.05, 0.1) is 0 Å². The van der Waals surface area contributed by atoms with Gasteiger partial charge in [-0.1, -0.05) is 12.5 Å². The first-order valence-electron chi connectivity index (χ1n) is 6.87. The van der Waals surface area contributed by atoms with Gasteiger partial charge in [0.15, 0.2) is 0 Å². The minimum absolute atomic E-state index is 0.254. The van der Waals surface area contributed by atoms with E-state index in [9.17, 15) is 12.8 Å². The molecule has 0 radical (unpaired) electrons. The molecule has 0 unspecified atom stereocenters. The second kappa shape index (κ2) is 5.79. The molecule has 6 heteroatoms. The lowest BCUT2D eigenvalue weighted by molar-refractivity contribution is 0.226. The van der Waals surface area contributed by atoms with Gasteiger partial charge in [0.2, 0.25) is 10.0 Å². The highest BCUT2D eigenvalue weighted by Gasteiger charge is 2.36. The molecule has 1 saturated heterocycles. The highest BCUT2D eigenvalue weighted by molar-refractivity contribution is 7.89. The van der Waals surface area contributed by atoms with Crippen LogP contribution in [0.1, 0.15) is 31.7 Å². The van der Waals surface area contributed by atoms with Gasteiger partial charge in [-0.15, -0.1) is 0 Å². The summed E-state index contributed by atoms with van der Waals surface area (Å²) in [7, 11) is -3.83. The van der Waals surface area contributed by atoms with Crippen LogP contribution in [0.5, 0.6) is 0 Å². The van der Waals surface area contributed by atoms with Crippen LogP contribution < -0.4 is 5.73 Å². The van der Waals surface area contributed by atoms with Gasteiger partial charge in [-0.3, -0.25) is 0 Å². The van der Waals surface area contributed by atoms with Crippen molar-refractivity contribution >= 4 is 10.0 Å². The van der Waals surface area contributed by atoms with Crippen LogP contribution in [0.2, 0.25) is 0 Å². The maximum atomic E-state index is 14.0. The fourth-order valence-electron chi connectivity index (χ4n) is 2.70. The molecule has 0 amide bonds. The summed E-state index contributed by atoms with van der Waals surface area (Å²) in [6, 6.07) is 3.68. The molecule has 0 spiro atoms. The summed E-state index contributed by atoms with van der Waals surface area (Å²) in [6.07, 6.45) is 2.47. The minimum atomic E-state index is -3.83. The Balaban J connectivity index is 2.42. The molecule has 1 aromatic carbocycles. The number of piperidine rings is 1. The highest BCUT2D eigenvalue weighted by Crippen LogP contribution is 2.28. The Bertz CT molecular complexity index is 587. The Kier molecular flexibility index (Phi) is 4.46. The van der Waals surface area contributed by atoms with Crippen molar-refractivity contribution in [1.29, 1.82) is 0 Å². The standard InChI is InChI=1S/C14H21FN2O2S/c1-10-6-7-14(12(15)9-10)20(18,19)17-8-4-3-5-13(17)11(2)16/h6-7,9,11,13H,3-5,8,16H2,1-2H3/t11-,13-/m1/s1. The normalized spacial score (nSPS) is 22.7. The first-order chi connectivity index (χ1) is 9.34. The topological polar surface area (TPSA) is 63.4 Å². The summed E-state index contributed by atoms with van der Waals surface area (Å²) >= 11 is 0. The average molecular weight is 300 g/mol. The second-order valence-electron chi connectivity index (χ2n) is 5.47. The van der Waals surface area contributed by atoms with Crippen LogP contribution in [0.25, 0.3) is 0 Å². The van der Waals surface area contributed by atoms with Crippen LogP contribution in [0.3, 0.4) is 0 Å². The van der Waals surface area contributed by atoms with E-state index in [-0.39, 0.29) is 17.0 Å². The molecule has 1 heterocycles. The first kappa shape index (κ1) is 15.4. The Morgan fingerprint density at radius 2 is 2.10 bits per heavy atom. The van der Waals surface area contributed by atoms with Gasteiger partial charge in [-0.05, 0) is 44.4 Å². The number of aryl methyl sites for hydroxylation is 1. The molecule has 2 rings (SSSR count). The van der Waals surface area contributed by atoms with E-state index in [2.05, 4.69) is 0 Å². The van der Waals surface area contributed by atoms with Crippen LogP contribution in [0.4, 0.5) is 4.39 Å². The number of sulfonamides is 1. The lowest BCUT2D eigenvalue weighted by Gasteiger charge is -2.36. The van der Waals surface area contributed by atoms with E-state index in [1.165, 1.54) is 16.4 Å². The largest absolute Gasteiger partial charge is 0.326 e. The monoisotopic (exact) mass is 300 g/mol. The number of rotatable bonds is 3. The van der Waals surface area contributed by atoms with Crippen molar-refractivity contribution in [2.75, 3.05) is 6.54 Å². The van der Waals surface area contributed by atoms with Crippen LogP contribution in [-0.2, 0) is 10.0 Å². The van der Waals surface area contributed by atoms with Gasteiger partial charge in [0.25, 0.3) is 0 Å². The summed E-state index contributed by atoms with van der Waals surface area (Å²) in [5, 5.41) is 0. The van der Waals surface area contributed by atoms with Crippen LogP contribution in [0, 0.1) is 12.7 Å². The van der Waals surface area contributed by atoms with Gasteiger partial charge < -0.3 is 5.73 Å². The van der Waals surface area contributed by atoms with E-state index in [1.54, 1.807) is 19.9 Å². The van der Waals surface area contributed by atoms with Gasteiger partial charge in [-0.2, -0.15) is 4.31 Å². The molecule has 2 N–H and O–H groups in total. The summed E-state index contributed by atoms with van der Waals surface area (Å²) in [5.41, 5.74) is 6.59. The van der Waals surface area contributed by atoms with Gasteiger partial charge >= 0.3 is 0 Å². The second-order valence-corrected chi connectivity index (χ2v) is 7.33. The van der Waals surface area contributed by atoms with Gasteiger partial charge in [-0.25, -0.2) is 12.8 Å². The number of hydrogen-bond donors (Lipinski definition) is 1. The number of hydrogen-bond acceptors (Lipinski definition) is 3. The molecular weight excluding hydrogens is 279 g/mol. The molecule has 0 aromatic heterocycles. The molecule has 0 aliphatic carbocycles. The summed E-state index contributed by atoms with van der Waals surface area (Å²) in [6.45, 7) is 3.93. The molecule has 0 saturated carbocycles. The molecule has 1 fully saturated rings. The molecular formula is C14H21FN2O2S. The van der Waals surface area contributed by atoms with Crippen molar-refractivity contribution in [1.82, 2.24) is 4.31 Å². The molecule has 1 aliphatic heterocycles. The number of benzene rings is 1. The fraction of sp³-hybridized carbons (Fsp3) is 0.571. The highest BCUT2D eigenvalue weighted by atomic mass is 32.2. The third-order valence-electron chi connectivity index (χ3n) is 3.78. The van der Waals surface area contributed by atoms with Crippen molar-refractivity contribution in [3.63, 3.8) is 0 Å². The zero-order chi connectivity index (χ0) is 14.9. The van der Waals surface area contributed by atoms with Gasteiger partial charge in [0, 0.05) is 18.6 Å². The zero-order valence-electron chi connectivity index (χ0n) is 11.8. The maximum Gasteiger partial charge on any atom is 0.246 e. The third kappa shape index (κ3) is 2.87. The smallest absolute Gasteiger partial charge is 0.246 e. The molecule has 112 valence electrons. The Morgan fingerprint density at radius 3 is 2.70 bits per heavy atom. The molecule has 0 bridgehead atoms. The first-order valence-corrected chi connectivity index (χ1v) is 8.31. The Labute approximate surface area is 119 Å².